The topological polar surface area (TPSA) is 81.1 Å². The Kier molecular flexibility index (Phi) is 3.03. The molecule has 1 aromatic carbocycles. The fourth-order valence-corrected chi connectivity index (χ4v) is 1.28. The summed E-state index contributed by atoms with van der Waals surface area (Å²) in [4.78, 5) is 11.0. The van der Waals surface area contributed by atoms with Crippen LogP contribution in [0.15, 0.2) is 18.2 Å². The molecular formula is C9H11N3OS. The molecule has 74 valence electrons. The van der Waals surface area contributed by atoms with Crippen molar-refractivity contribution in [3.8, 4) is 0 Å². The number of nitrogens with one attached hydrogen (secondary N) is 1. The van der Waals surface area contributed by atoms with Gasteiger partial charge < -0.3 is 16.8 Å². The predicted molar refractivity (Wildman–Crippen MR) is 60.1 cm³/mol. The van der Waals surface area contributed by atoms with Crippen LogP contribution in [0.4, 0.5) is 5.69 Å². The first-order valence-electron chi connectivity index (χ1n) is 3.98. The van der Waals surface area contributed by atoms with Gasteiger partial charge in [-0.2, -0.15) is 0 Å². The molecule has 1 rings (SSSR count). The quantitative estimate of drug-likeness (QED) is 0.628. The molecule has 1 amide bonds. The normalized spacial score (nSPS) is 9.50. The summed E-state index contributed by atoms with van der Waals surface area (Å²) in [7, 11) is 0. The zero-order chi connectivity index (χ0) is 10.7. The molecule has 0 spiro atoms. The van der Waals surface area contributed by atoms with E-state index in [2.05, 4.69) is 5.32 Å². The van der Waals surface area contributed by atoms with E-state index >= 15 is 0 Å². The molecular weight excluding hydrogens is 198 g/mol. The Hall–Kier alpha value is -1.62. The van der Waals surface area contributed by atoms with Crippen molar-refractivity contribution >= 4 is 28.9 Å². The summed E-state index contributed by atoms with van der Waals surface area (Å²) in [6.07, 6.45) is 0. The van der Waals surface area contributed by atoms with Gasteiger partial charge in [-0.1, -0.05) is 6.07 Å². The summed E-state index contributed by atoms with van der Waals surface area (Å²) in [5.41, 5.74) is 12.4. The molecule has 14 heavy (non-hydrogen) atoms. The van der Waals surface area contributed by atoms with Crippen LogP contribution in [-0.4, -0.2) is 11.0 Å². The van der Waals surface area contributed by atoms with E-state index in [9.17, 15) is 4.79 Å². The zero-order valence-corrected chi connectivity index (χ0v) is 8.52. The second-order valence-corrected chi connectivity index (χ2v) is 3.27. The van der Waals surface area contributed by atoms with E-state index in [0.717, 1.165) is 5.56 Å². The summed E-state index contributed by atoms with van der Waals surface area (Å²) >= 11 is 4.70. The summed E-state index contributed by atoms with van der Waals surface area (Å²) in [5.74, 6) is -0.464. The van der Waals surface area contributed by atoms with Crippen LogP contribution in [0.25, 0.3) is 0 Å². The second kappa shape index (κ2) is 4.06. The molecule has 0 atom stereocenters. The molecule has 0 aliphatic carbocycles. The predicted octanol–water partition coefficient (Wildman–Crippen LogP) is 0.749. The van der Waals surface area contributed by atoms with Crippen molar-refractivity contribution in [2.24, 2.45) is 11.5 Å². The molecule has 4 nitrogen and oxygen atoms in total. The van der Waals surface area contributed by atoms with Gasteiger partial charge in [0, 0.05) is 11.3 Å². The minimum absolute atomic E-state index is 0.162. The average Bonchev–Trinajstić information content (AvgIpc) is 2.07. The number of thiocarbonyl (C=S) groups is 1. The van der Waals surface area contributed by atoms with Crippen LogP contribution in [0.1, 0.15) is 15.9 Å². The molecule has 5 N–H and O–H groups in total. The summed E-state index contributed by atoms with van der Waals surface area (Å²) in [6.45, 7) is 1.78. The number of amides is 1. The SMILES string of the molecule is Cc1c(NC(N)=S)cccc1C(N)=O. The molecule has 0 saturated carbocycles. The number of hydrogen-bond acceptors (Lipinski definition) is 2. The third-order valence-corrected chi connectivity index (χ3v) is 1.96. The van der Waals surface area contributed by atoms with Gasteiger partial charge in [-0.15, -0.1) is 0 Å². The van der Waals surface area contributed by atoms with E-state index < -0.39 is 5.91 Å². The van der Waals surface area contributed by atoms with Crippen molar-refractivity contribution < 1.29 is 4.79 Å². The maximum absolute atomic E-state index is 11.0. The molecule has 5 heteroatoms. The summed E-state index contributed by atoms with van der Waals surface area (Å²) in [6, 6.07) is 5.15. The van der Waals surface area contributed by atoms with E-state index in [1.54, 1.807) is 25.1 Å². The molecule has 0 aliphatic rings. The van der Waals surface area contributed by atoms with Gasteiger partial charge in [-0.3, -0.25) is 4.79 Å². The lowest BCUT2D eigenvalue weighted by atomic mass is 10.1. The largest absolute Gasteiger partial charge is 0.376 e. The Morgan fingerprint density at radius 2 is 2.07 bits per heavy atom. The number of benzene rings is 1. The van der Waals surface area contributed by atoms with Crippen molar-refractivity contribution in [1.82, 2.24) is 0 Å². The first-order chi connectivity index (χ1) is 6.52. The lowest BCUT2D eigenvalue weighted by molar-refractivity contribution is 0.1000. The van der Waals surface area contributed by atoms with E-state index in [-0.39, 0.29) is 5.11 Å². The Morgan fingerprint density at radius 1 is 1.43 bits per heavy atom. The van der Waals surface area contributed by atoms with E-state index in [1.807, 2.05) is 0 Å². The highest BCUT2D eigenvalue weighted by molar-refractivity contribution is 7.80. The van der Waals surface area contributed by atoms with Crippen LogP contribution < -0.4 is 16.8 Å². The minimum atomic E-state index is -0.464. The zero-order valence-electron chi connectivity index (χ0n) is 7.70. The van der Waals surface area contributed by atoms with Gasteiger partial charge in [-0.05, 0) is 36.8 Å². The summed E-state index contributed by atoms with van der Waals surface area (Å²) in [5, 5.41) is 2.93. The Labute approximate surface area is 87.3 Å². The number of carbonyl (C=O) groups excluding carboxylic acids is 1. The minimum Gasteiger partial charge on any atom is -0.376 e. The molecule has 0 bridgehead atoms. The smallest absolute Gasteiger partial charge is 0.249 e. The van der Waals surface area contributed by atoms with Crippen LogP contribution in [0.5, 0.6) is 0 Å². The number of hydrogen-bond donors (Lipinski definition) is 3. The van der Waals surface area contributed by atoms with Gasteiger partial charge in [0.2, 0.25) is 5.91 Å². The number of rotatable bonds is 2. The number of carbonyl (C=O) groups is 1. The van der Waals surface area contributed by atoms with Gasteiger partial charge in [0.05, 0.1) is 0 Å². The fraction of sp³-hybridized carbons (Fsp3) is 0.111. The van der Waals surface area contributed by atoms with Crippen LogP contribution in [-0.2, 0) is 0 Å². The highest BCUT2D eigenvalue weighted by Gasteiger charge is 2.07. The second-order valence-electron chi connectivity index (χ2n) is 2.83. The molecule has 0 fully saturated rings. The highest BCUT2D eigenvalue weighted by Crippen LogP contribution is 2.18. The average molecular weight is 209 g/mol. The highest BCUT2D eigenvalue weighted by atomic mass is 32.1. The molecule has 0 heterocycles. The third kappa shape index (κ3) is 2.20. The van der Waals surface area contributed by atoms with Gasteiger partial charge in [-0.25, -0.2) is 0 Å². The van der Waals surface area contributed by atoms with Crippen molar-refractivity contribution in [1.29, 1.82) is 0 Å². The third-order valence-electron chi connectivity index (χ3n) is 1.86. The first kappa shape index (κ1) is 10.5. The van der Waals surface area contributed by atoms with Gasteiger partial charge in [0.25, 0.3) is 0 Å². The Bertz CT molecular complexity index is 390. The van der Waals surface area contributed by atoms with Crippen molar-refractivity contribution in [3.05, 3.63) is 29.3 Å². The number of anilines is 1. The molecule has 0 saturated heterocycles. The Balaban J connectivity index is 3.13. The van der Waals surface area contributed by atoms with Crippen molar-refractivity contribution in [2.75, 3.05) is 5.32 Å². The van der Waals surface area contributed by atoms with E-state index in [1.165, 1.54) is 0 Å². The molecule has 0 unspecified atom stereocenters. The van der Waals surface area contributed by atoms with Crippen molar-refractivity contribution in [2.45, 2.75) is 6.92 Å². The molecule has 0 aromatic heterocycles. The Morgan fingerprint density at radius 3 is 2.57 bits per heavy atom. The maximum Gasteiger partial charge on any atom is 0.249 e. The lowest BCUT2D eigenvalue weighted by Crippen LogP contribution is -2.21. The monoisotopic (exact) mass is 209 g/mol. The van der Waals surface area contributed by atoms with Crippen LogP contribution in [0.2, 0.25) is 0 Å². The number of primary amides is 1. The summed E-state index contributed by atoms with van der Waals surface area (Å²) < 4.78 is 0. The van der Waals surface area contributed by atoms with Crippen molar-refractivity contribution in [3.63, 3.8) is 0 Å². The van der Waals surface area contributed by atoms with Crippen LogP contribution in [0, 0.1) is 6.92 Å². The molecule has 0 radical (unpaired) electrons. The van der Waals surface area contributed by atoms with E-state index in [0.29, 0.717) is 11.3 Å². The fourth-order valence-electron chi connectivity index (χ4n) is 1.17. The lowest BCUT2D eigenvalue weighted by Gasteiger charge is -2.09. The van der Waals surface area contributed by atoms with Gasteiger partial charge in [0.15, 0.2) is 5.11 Å². The van der Waals surface area contributed by atoms with E-state index in [4.69, 9.17) is 23.7 Å². The molecule has 1 aromatic rings. The standard InChI is InChI=1S/C9H11N3OS/c1-5-6(8(10)13)3-2-4-7(5)12-9(11)14/h2-4H,1H3,(H2,10,13)(H3,11,12,14). The number of nitrogens with two attached hydrogens (primary N) is 2. The maximum atomic E-state index is 11.0. The van der Waals surface area contributed by atoms with Gasteiger partial charge >= 0.3 is 0 Å². The first-order valence-corrected chi connectivity index (χ1v) is 4.39. The molecule has 0 aliphatic heterocycles. The van der Waals surface area contributed by atoms with Crippen LogP contribution in [0.3, 0.4) is 0 Å². The van der Waals surface area contributed by atoms with Crippen LogP contribution >= 0.6 is 12.2 Å². The van der Waals surface area contributed by atoms with Gasteiger partial charge in [0.1, 0.15) is 0 Å².